The molecule has 0 bridgehead atoms. The zero-order valence-corrected chi connectivity index (χ0v) is 10.6. The van der Waals surface area contributed by atoms with E-state index >= 15 is 0 Å². The summed E-state index contributed by atoms with van der Waals surface area (Å²) >= 11 is 0. The minimum atomic E-state index is -0.0336. The smallest absolute Gasteiger partial charge is 0.239 e. The van der Waals surface area contributed by atoms with Crippen LogP contribution in [0.2, 0.25) is 0 Å². The number of aliphatic hydroxyl groups is 1. The number of likely N-dealkylation sites (N-methyl/N-ethyl adjacent to an activating group) is 1. The highest BCUT2D eigenvalue weighted by Gasteiger charge is 2.33. The molecule has 1 aliphatic heterocycles. The molecule has 0 aromatic rings. The summed E-state index contributed by atoms with van der Waals surface area (Å²) in [6.45, 7) is 5.20. The number of carbonyl (C=O) groups is 1. The van der Waals surface area contributed by atoms with Crippen molar-refractivity contribution < 1.29 is 9.90 Å². The number of likely N-dealkylation sites (tertiary alicyclic amines) is 1. The van der Waals surface area contributed by atoms with Crippen LogP contribution in [0.1, 0.15) is 33.1 Å². The molecule has 0 radical (unpaired) electrons. The fourth-order valence-corrected chi connectivity index (χ4v) is 2.48. The van der Waals surface area contributed by atoms with Gasteiger partial charge in [-0.2, -0.15) is 0 Å². The summed E-state index contributed by atoms with van der Waals surface area (Å²) in [5, 5.41) is 12.1. The summed E-state index contributed by atoms with van der Waals surface area (Å²) in [5.41, 5.74) is 0. The van der Waals surface area contributed by atoms with Crippen LogP contribution in [-0.4, -0.2) is 48.2 Å². The van der Waals surface area contributed by atoms with Crippen molar-refractivity contribution in [2.45, 2.75) is 45.2 Å². The Morgan fingerprint density at radius 1 is 1.56 bits per heavy atom. The van der Waals surface area contributed by atoms with E-state index in [1.807, 2.05) is 11.9 Å². The van der Waals surface area contributed by atoms with Gasteiger partial charge in [0.15, 0.2) is 0 Å². The van der Waals surface area contributed by atoms with Gasteiger partial charge in [0.25, 0.3) is 0 Å². The third kappa shape index (κ3) is 2.95. The Kier molecular flexibility index (Phi) is 5.22. The molecule has 1 amide bonds. The molecule has 2 atom stereocenters. The second-order valence-electron chi connectivity index (χ2n) is 4.84. The molecular weight excluding hydrogens is 204 g/mol. The van der Waals surface area contributed by atoms with Crippen molar-refractivity contribution in [1.82, 2.24) is 10.2 Å². The van der Waals surface area contributed by atoms with E-state index in [-0.39, 0.29) is 24.6 Å². The van der Waals surface area contributed by atoms with Crippen LogP contribution in [0.4, 0.5) is 0 Å². The average molecular weight is 228 g/mol. The van der Waals surface area contributed by atoms with Crippen LogP contribution in [0.3, 0.4) is 0 Å². The Morgan fingerprint density at radius 3 is 2.75 bits per heavy atom. The molecule has 2 N–H and O–H groups in total. The quantitative estimate of drug-likeness (QED) is 0.724. The topological polar surface area (TPSA) is 52.6 Å². The van der Waals surface area contributed by atoms with Crippen molar-refractivity contribution in [2.24, 2.45) is 5.92 Å². The molecule has 1 fully saturated rings. The molecule has 1 heterocycles. The summed E-state index contributed by atoms with van der Waals surface area (Å²) in [6.07, 6.45) is 2.65. The zero-order chi connectivity index (χ0) is 12.1. The van der Waals surface area contributed by atoms with Gasteiger partial charge < -0.3 is 15.3 Å². The minimum Gasteiger partial charge on any atom is -0.396 e. The van der Waals surface area contributed by atoms with E-state index < -0.39 is 0 Å². The lowest BCUT2D eigenvalue weighted by atomic mass is 9.95. The highest BCUT2D eigenvalue weighted by Crippen LogP contribution is 2.21. The number of nitrogens with one attached hydrogen (secondary N) is 1. The Balaban J connectivity index is 2.71. The molecule has 4 nitrogen and oxygen atoms in total. The maximum atomic E-state index is 12.2. The van der Waals surface area contributed by atoms with Crippen LogP contribution < -0.4 is 5.32 Å². The molecule has 0 aromatic heterocycles. The Labute approximate surface area is 98.0 Å². The van der Waals surface area contributed by atoms with Crippen molar-refractivity contribution in [1.29, 1.82) is 0 Å². The summed E-state index contributed by atoms with van der Waals surface area (Å²) in [6, 6.07) is 0.141. The van der Waals surface area contributed by atoms with Gasteiger partial charge in [-0.15, -0.1) is 0 Å². The van der Waals surface area contributed by atoms with Gasteiger partial charge in [-0.25, -0.2) is 0 Å². The summed E-state index contributed by atoms with van der Waals surface area (Å²) in [4.78, 5) is 14.1. The van der Waals surface area contributed by atoms with Gasteiger partial charge in [0.05, 0.1) is 6.04 Å². The largest absolute Gasteiger partial charge is 0.396 e. The van der Waals surface area contributed by atoms with E-state index in [9.17, 15) is 4.79 Å². The maximum Gasteiger partial charge on any atom is 0.239 e. The number of amides is 1. The lowest BCUT2D eigenvalue weighted by molar-refractivity contribution is -0.139. The first kappa shape index (κ1) is 13.5. The number of aliphatic hydroxyl groups excluding tert-OH is 1. The van der Waals surface area contributed by atoms with Gasteiger partial charge in [-0.05, 0) is 32.2 Å². The van der Waals surface area contributed by atoms with E-state index in [1.54, 1.807) is 0 Å². The first-order valence-corrected chi connectivity index (χ1v) is 6.20. The van der Waals surface area contributed by atoms with E-state index in [4.69, 9.17) is 5.11 Å². The van der Waals surface area contributed by atoms with Crippen LogP contribution in [0, 0.1) is 5.92 Å². The number of rotatable bonds is 5. The maximum absolute atomic E-state index is 12.2. The van der Waals surface area contributed by atoms with Crippen LogP contribution in [0.25, 0.3) is 0 Å². The van der Waals surface area contributed by atoms with Crippen LogP contribution in [0.5, 0.6) is 0 Å². The normalized spacial score (nSPS) is 23.9. The van der Waals surface area contributed by atoms with E-state index in [0.29, 0.717) is 12.3 Å². The molecule has 0 aliphatic carbocycles. The average Bonchev–Trinajstić information content (AvgIpc) is 2.26. The Hall–Kier alpha value is -0.610. The molecule has 2 unspecified atom stereocenters. The van der Waals surface area contributed by atoms with E-state index in [2.05, 4.69) is 19.2 Å². The third-order valence-corrected chi connectivity index (χ3v) is 3.42. The van der Waals surface area contributed by atoms with E-state index in [1.165, 1.54) is 0 Å². The number of hydrogen-bond acceptors (Lipinski definition) is 3. The monoisotopic (exact) mass is 228 g/mol. The van der Waals surface area contributed by atoms with E-state index in [0.717, 1.165) is 19.4 Å². The van der Waals surface area contributed by atoms with Crippen LogP contribution in [-0.2, 0) is 4.79 Å². The number of piperidine rings is 1. The van der Waals surface area contributed by atoms with Crippen LogP contribution >= 0.6 is 0 Å². The van der Waals surface area contributed by atoms with Crippen LogP contribution in [0.15, 0.2) is 0 Å². The molecule has 0 saturated carbocycles. The lowest BCUT2D eigenvalue weighted by Crippen LogP contribution is -2.54. The molecule has 1 saturated heterocycles. The molecule has 0 aromatic carbocycles. The molecule has 1 rings (SSSR count). The van der Waals surface area contributed by atoms with Gasteiger partial charge in [0.1, 0.15) is 0 Å². The second kappa shape index (κ2) is 6.21. The van der Waals surface area contributed by atoms with Crippen molar-refractivity contribution in [3.63, 3.8) is 0 Å². The minimum absolute atomic E-state index is 0.0336. The van der Waals surface area contributed by atoms with Crippen molar-refractivity contribution in [3.05, 3.63) is 0 Å². The molecular formula is C12H24N2O2. The third-order valence-electron chi connectivity index (χ3n) is 3.42. The Morgan fingerprint density at radius 2 is 2.25 bits per heavy atom. The molecule has 0 spiro atoms. The molecule has 1 aliphatic rings. The van der Waals surface area contributed by atoms with Gasteiger partial charge in [0, 0.05) is 19.2 Å². The first-order valence-electron chi connectivity index (χ1n) is 6.20. The zero-order valence-electron chi connectivity index (χ0n) is 10.6. The Bertz CT molecular complexity index is 231. The number of nitrogens with zero attached hydrogens (tertiary/aromatic N) is 1. The SMILES string of the molecule is CNC1CCCN(C(CCO)C(C)C)C1=O. The molecule has 16 heavy (non-hydrogen) atoms. The van der Waals surface area contributed by atoms with Gasteiger partial charge in [0.2, 0.25) is 5.91 Å². The summed E-state index contributed by atoms with van der Waals surface area (Å²) in [7, 11) is 1.84. The fourth-order valence-electron chi connectivity index (χ4n) is 2.48. The molecule has 94 valence electrons. The van der Waals surface area contributed by atoms with Crippen molar-refractivity contribution in [3.8, 4) is 0 Å². The second-order valence-corrected chi connectivity index (χ2v) is 4.84. The van der Waals surface area contributed by atoms with Gasteiger partial charge in [-0.3, -0.25) is 4.79 Å². The summed E-state index contributed by atoms with van der Waals surface area (Å²) in [5.74, 6) is 0.590. The van der Waals surface area contributed by atoms with Crippen molar-refractivity contribution in [2.75, 3.05) is 20.2 Å². The molecule has 4 heteroatoms. The first-order chi connectivity index (χ1) is 7.61. The predicted octanol–water partition coefficient (Wildman–Crippen LogP) is 0.604. The fraction of sp³-hybridized carbons (Fsp3) is 0.917. The lowest BCUT2D eigenvalue weighted by Gasteiger charge is -2.39. The highest BCUT2D eigenvalue weighted by molar-refractivity contribution is 5.82. The summed E-state index contributed by atoms with van der Waals surface area (Å²) < 4.78 is 0. The number of hydrogen-bond donors (Lipinski definition) is 2. The van der Waals surface area contributed by atoms with Gasteiger partial charge >= 0.3 is 0 Å². The predicted molar refractivity (Wildman–Crippen MR) is 64.1 cm³/mol. The van der Waals surface area contributed by atoms with Gasteiger partial charge in [-0.1, -0.05) is 13.8 Å². The standard InChI is InChI=1S/C12H24N2O2/c1-9(2)11(6-8-15)14-7-4-5-10(13-3)12(14)16/h9-11,13,15H,4-8H2,1-3H3. The highest BCUT2D eigenvalue weighted by atomic mass is 16.3. The van der Waals surface area contributed by atoms with Crippen molar-refractivity contribution >= 4 is 5.91 Å². The number of carbonyl (C=O) groups excluding carboxylic acids is 1.